The number of halogens is 2. The van der Waals surface area contributed by atoms with Crippen molar-refractivity contribution in [2.45, 2.75) is 26.1 Å². The zero-order chi connectivity index (χ0) is 15.0. The Morgan fingerprint density at radius 3 is 2.38 bits per heavy atom. The number of nitrogens with zero attached hydrogens (tertiary/aromatic N) is 2. The Bertz CT molecular complexity index is 777. The van der Waals surface area contributed by atoms with Gasteiger partial charge in [0, 0.05) is 11.6 Å². The third-order valence-electron chi connectivity index (χ3n) is 3.54. The predicted molar refractivity (Wildman–Crippen MR) is 79.5 cm³/mol. The number of hydrogen-bond acceptors (Lipinski definition) is 1. The van der Waals surface area contributed by atoms with Gasteiger partial charge in [0.2, 0.25) is 0 Å². The molecule has 4 heteroatoms. The molecule has 0 bridgehead atoms. The molecule has 0 saturated carbocycles. The first-order valence-corrected chi connectivity index (χ1v) is 6.95. The van der Waals surface area contributed by atoms with Crippen LogP contribution in [0.4, 0.5) is 8.78 Å². The van der Waals surface area contributed by atoms with Crippen molar-refractivity contribution in [1.29, 1.82) is 0 Å². The molecule has 2 nitrogen and oxygen atoms in total. The molecule has 1 unspecified atom stereocenters. The standard InChI is InChI=1S/C17H16F2N2/c1-11(2)21-15-10-6-5-9-14(15)20-17(21)16(19)12-7-3-4-8-13(12)18/h3-11,16H,1-2H3. The van der Waals surface area contributed by atoms with E-state index in [2.05, 4.69) is 4.98 Å². The molecule has 0 N–H and O–H groups in total. The van der Waals surface area contributed by atoms with Crippen molar-refractivity contribution in [2.75, 3.05) is 0 Å². The summed E-state index contributed by atoms with van der Waals surface area (Å²) in [5, 5.41) is 0. The van der Waals surface area contributed by atoms with E-state index in [9.17, 15) is 8.78 Å². The summed E-state index contributed by atoms with van der Waals surface area (Å²) in [6, 6.07) is 13.4. The van der Waals surface area contributed by atoms with Crippen LogP contribution >= 0.6 is 0 Å². The summed E-state index contributed by atoms with van der Waals surface area (Å²) in [6.07, 6.45) is -1.58. The number of imidazole rings is 1. The topological polar surface area (TPSA) is 17.8 Å². The average Bonchev–Trinajstić information content (AvgIpc) is 2.86. The van der Waals surface area contributed by atoms with Crippen molar-refractivity contribution >= 4 is 11.0 Å². The Morgan fingerprint density at radius 2 is 1.67 bits per heavy atom. The lowest BCUT2D eigenvalue weighted by Crippen LogP contribution is -2.10. The lowest BCUT2D eigenvalue weighted by molar-refractivity contribution is 0.354. The number of para-hydroxylation sites is 2. The molecule has 1 aromatic heterocycles. The molecule has 0 spiro atoms. The first-order chi connectivity index (χ1) is 10.1. The Kier molecular flexibility index (Phi) is 3.45. The maximum Gasteiger partial charge on any atom is 0.186 e. The second kappa shape index (κ2) is 5.28. The van der Waals surface area contributed by atoms with Gasteiger partial charge in [-0.3, -0.25) is 0 Å². The fourth-order valence-corrected chi connectivity index (χ4v) is 2.60. The van der Waals surface area contributed by atoms with Crippen molar-refractivity contribution in [3.05, 3.63) is 65.7 Å². The summed E-state index contributed by atoms with van der Waals surface area (Å²) >= 11 is 0. The summed E-state index contributed by atoms with van der Waals surface area (Å²) in [7, 11) is 0. The highest BCUT2D eigenvalue weighted by Gasteiger charge is 2.24. The normalized spacial score (nSPS) is 13.0. The maximum atomic E-state index is 14.9. The van der Waals surface area contributed by atoms with E-state index >= 15 is 0 Å². The molecule has 21 heavy (non-hydrogen) atoms. The maximum absolute atomic E-state index is 14.9. The summed E-state index contributed by atoms with van der Waals surface area (Å²) in [5.41, 5.74) is 1.61. The van der Waals surface area contributed by atoms with E-state index in [0.29, 0.717) is 0 Å². The van der Waals surface area contributed by atoms with Gasteiger partial charge in [-0.1, -0.05) is 30.3 Å². The minimum atomic E-state index is -1.58. The Balaban J connectivity index is 2.20. The van der Waals surface area contributed by atoms with E-state index in [-0.39, 0.29) is 17.4 Å². The molecular weight excluding hydrogens is 270 g/mol. The van der Waals surface area contributed by atoms with Crippen molar-refractivity contribution < 1.29 is 8.78 Å². The first kappa shape index (κ1) is 13.7. The number of hydrogen-bond donors (Lipinski definition) is 0. The molecule has 0 aliphatic heterocycles. The molecule has 1 heterocycles. The molecule has 3 rings (SSSR count). The molecule has 0 saturated heterocycles. The van der Waals surface area contributed by atoms with Gasteiger partial charge in [-0.25, -0.2) is 13.8 Å². The monoisotopic (exact) mass is 286 g/mol. The molecule has 0 radical (unpaired) electrons. The highest BCUT2D eigenvalue weighted by molar-refractivity contribution is 5.76. The van der Waals surface area contributed by atoms with Crippen LogP contribution in [0.5, 0.6) is 0 Å². The number of alkyl halides is 1. The molecule has 1 atom stereocenters. The van der Waals surface area contributed by atoms with E-state index in [1.807, 2.05) is 42.7 Å². The molecule has 0 fully saturated rings. The van der Waals surface area contributed by atoms with Gasteiger partial charge >= 0.3 is 0 Å². The number of benzene rings is 2. The van der Waals surface area contributed by atoms with E-state index in [4.69, 9.17) is 0 Å². The van der Waals surface area contributed by atoms with Crippen LogP contribution in [-0.2, 0) is 0 Å². The van der Waals surface area contributed by atoms with Gasteiger partial charge in [0.1, 0.15) is 11.6 Å². The van der Waals surface area contributed by atoms with Crippen molar-refractivity contribution in [3.63, 3.8) is 0 Å². The Morgan fingerprint density at radius 1 is 1.00 bits per heavy atom. The van der Waals surface area contributed by atoms with Gasteiger partial charge in [0.15, 0.2) is 6.17 Å². The fraction of sp³-hybridized carbons (Fsp3) is 0.235. The summed E-state index contributed by atoms with van der Waals surface area (Å²) in [5.74, 6) is -0.302. The van der Waals surface area contributed by atoms with Crippen LogP contribution in [-0.4, -0.2) is 9.55 Å². The lowest BCUT2D eigenvalue weighted by Gasteiger charge is -2.16. The van der Waals surface area contributed by atoms with E-state index in [0.717, 1.165) is 11.0 Å². The summed E-state index contributed by atoms with van der Waals surface area (Å²) in [6.45, 7) is 3.93. The highest BCUT2D eigenvalue weighted by Crippen LogP contribution is 2.32. The Hall–Kier alpha value is -2.23. The van der Waals surface area contributed by atoms with Crippen LogP contribution < -0.4 is 0 Å². The first-order valence-electron chi connectivity index (χ1n) is 6.95. The second-order valence-electron chi connectivity index (χ2n) is 5.31. The summed E-state index contributed by atoms with van der Waals surface area (Å²) < 4.78 is 30.5. The number of rotatable bonds is 3. The minimum Gasteiger partial charge on any atom is -0.323 e. The van der Waals surface area contributed by atoms with Crippen LogP contribution in [0.3, 0.4) is 0 Å². The largest absolute Gasteiger partial charge is 0.323 e. The second-order valence-corrected chi connectivity index (χ2v) is 5.31. The molecule has 2 aromatic carbocycles. The van der Waals surface area contributed by atoms with Crippen LogP contribution in [0, 0.1) is 5.82 Å². The van der Waals surface area contributed by atoms with Gasteiger partial charge in [-0.05, 0) is 32.0 Å². The van der Waals surface area contributed by atoms with Crippen LogP contribution in [0.2, 0.25) is 0 Å². The average molecular weight is 286 g/mol. The number of aromatic nitrogens is 2. The Labute approximate surface area is 122 Å². The predicted octanol–water partition coefficient (Wildman–Crippen LogP) is 4.82. The number of fused-ring (bicyclic) bond motifs is 1. The molecule has 0 aliphatic carbocycles. The molecular formula is C17H16F2N2. The van der Waals surface area contributed by atoms with Crippen molar-refractivity contribution in [2.24, 2.45) is 0 Å². The van der Waals surface area contributed by atoms with Gasteiger partial charge in [-0.15, -0.1) is 0 Å². The third kappa shape index (κ3) is 2.31. The van der Waals surface area contributed by atoms with Crippen LogP contribution in [0.15, 0.2) is 48.5 Å². The van der Waals surface area contributed by atoms with Gasteiger partial charge in [0.05, 0.1) is 11.0 Å². The van der Waals surface area contributed by atoms with E-state index in [1.54, 1.807) is 12.1 Å². The zero-order valence-corrected chi connectivity index (χ0v) is 11.9. The zero-order valence-electron chi connectivity index (χ0n) is 11.9. The molecule has 3 aromatic rings. The summed E-state index contributed by atoms with van der Waals surface area (Å²) in [4.78, 5) is 4.37. The van der Waals surface area contributed by atoms with Gasteiger partial charge in [0.25, 0.3) is 0 Å². The third-order valence-corrected chi connectivity index (χ3v) is 3.54. The quantitative estimate of drug-likeness (QED) is 0.675. The molecule has 0 amide bonds. The van der Waals surface area contributed by atoms with Crippen LogP contribution in [0.1, 0.15) is 37.4 Å². The lowest BCUT2D eigenvalue weighted by atomic mass is 10.1. The van der Waals surface area contributed by atoms with Gasteiger partial charge < -0.3 is 4.57 Å². The fourth-order valence-electron chi connectivity index (χ4n) is 2.60. The smallest absolute Gasteiger partial charge is 0.186 e. The SMILES string of the molecule is CC(C)n1c(C(F)c2ccccc2F)nc2ccccc21. The van der Waals surface area contributed by atoms with Crippen molar-refractivity contribution in [1.82, 2.24) is 9.55 Å². The van der Waals surface area contributed by atoms with E-state index < -0.39 is 12.0 Å². The van der Waals surface area contributed by atoms with Crippen molar-refractivity contribution in [3.8, 4) is 0 Å². The molecule has 108 valence electrons. The van der Waals surface area contributed by atoms with E-state index in [1.165, 1.54) is 12.1 Å². The van der Waals surface area contributed by atoms with Crippen LogP contribution in [0.25, 0.3) is 11.0 Å². The molecule has 0 aliphatic rings. The van der Waals surface area contributed by atoms with Gasteiger partial charge in [-0.2, -0.15) is 0 Å². The minimum absolute atomic E-state index is 0.0229. The highest BCUT2D eigenvalue weighted by atomic mass is 19.1.